The van der Waals surface area contributed by atoms with E-state index in [1.807, 2.05) is 0 Å². The van der Waals surface area contributed by atoms with Crippen LogP contribution in [0.1, 0.15) is 0 Å². The summed E-state index contributed by atoms with van der Waals surface area (Å²) in [6, 6.07) is 1.46. The van der Waals surface area contributed by atoms with E-state index >= 15 is 0 Å². The average molecular weight is 259 g/mol. The number of aromatic nitrogens is 2. The van der Waals surface area contributed by atoms with Gasteiger partial charge in [-0.2, -0.15) is 4.98 Å². The molecule has 0 radical (unpaired) electrons. The minimum Gasteiger partial charge on any atom is -0.383 e. The van der Waals surface area contributed by atoms with Crippen LogP contribution in [0.2, 0.25) is 0 Å². The van der Waals surface area contributed by atoms with Crippen LogP contribution in [0.5, 0.6) is 0 Å². The van der Waals surface area contributed by atoms with E-state index in [-0.39, 0.29) is 17.7 Å². The Balaban J connectivity index is 2.96. The van der Waals surface area contributed by atoms with E-state index in [0.29, 0.717) is 0 Å². The lowest BCUT2D eigenvalue weighted by Gasteiger charge is -2.16. The van der Waals surface area contributed by atoms with Crippen molar-refractivity contribution in [3.05, 3.63) is 34.6 Å². The van der Waals surface area contributed by atoms with Crippen LogP contribution in [0.25, 0.3) is 0 Å². The SMILES string of the molecule is C=C(Cn1ccc(N)nc1=O)P(=O)(OC)OC. The third kappa shape index (κ3) is 3.03. The minimum absolute atomic E-state index is 0.00886. The maximum atomic E-state index is 11.9. The van der Waals surface area contributed by atoms with E-state index < -0.39 is 13.3 Å². The summed E-state index contributed by atoms with van der Waals surface area (Å²) < 4.78 is 22.7. The summed E-state index contributed by atoms with van der Waals surface area (Å²) in [7, 11) is -0.884. The summed E-state index contributed by atoms with van der Waals surface area (Å²) >= 11 is 0. The average Bonchev–Trinajstić information content (AvgIpc) is 2.31. The van der Waals surface area contributed by atoms with Gasteiger partial charge in [-0.15, -0.1) is 0 Å². The molecule has 94 valence electrons. The number of allylic oxidation sites excluding steroid dienone is 1. The largest absolute Gasteiger partial charge is 0.383 e. The molecule has 17 heavy (non-hydrogen) atoms. The molecule has 1 rings (SSSR count). The lowest BCUT2D eigenvalue weighted by molar-refractivity contribution is 0.281. The highest BCUT2D eigenvalue weighted by Gasteiger charge is 2.26. The summed E-state index contributed by atoms with van der Waals surface area (Å²) in [4.78, 5) is 15.0. The highest BCUT2D eigenvalue weighted by atomic mass is 31.2. The zero-order valence-corrected chi connectivity index (χ0v) is 10.5. The fourth-order valence-corrected chi connectivity index (χ4v) is 2.17. The van der Waals surface area contributed by atoms with E-state index in [2.05, 4.69) is 11.6 Å². The molecule has 8 heteroatoms. The quantitative estimate of drug-likeness (QED) is 0.786. The van der Waals surface area contributed by atoms with Gasteiger partial charge in [0.1, 0.15) is 5.82 Å². The second-order valence-corrected chi connectivity index (χ2v) is 5.55. The molecule has 0 saturated carbocycles. The molecule has 0 aliphatic rings. The Kier molecular flexibility index (Phi) is 4.22. The van der Waals surface area contributed by atoms with Crippen LogP contribution in [0.3, 0.4) is 0 Å². The van der Waals surface area contributed by atoms with E-state index in [1.54, 1.807) is 0 Å². The molecule has 0 amide bonds. The zero-order chi connectivity index (χ0) is 13.1. The van der Waals surface area contributed by atoms with Crippen LogP contribution in [0, 0.1) is 0 Å². The van der Waals surface area contributed by atoms with Crippen molar-refractivity contribution in [1.82, 2.24) is 9.55 Å². The fraction of sp³-hybridized carbons (Fsp3) is 0.333. The molecule has 1 heterocycles. The molecule has 0 aliphatic heterocycles. The van der Waals surface area contributed by atoms with Crippen molar-refractivity contribution in [2.24, 2.45) is 0 Å². The molecule has 1 aromatic rings. The van der Waals surface area contributed by atoms with Crippen LogP contribution < -0.4 is 11.4 Å². The topological polar surface area (TPSA) is 96.4 Å². The maximum Gasteiger partial charge on any atom is 0.358 e. The third-order valence-electron chi connectivity index (χ3n) is 2.12. The number of nitrogens with zero attached hydrogens (tertiary/aromatic N) is 2. The van der Waals surface area contributed by atoms with Gasteiger partial charge in [-0.3, -0.25) is 9.13 Å². The van der Waals surface area contributed by atoms with Crippen LogP contribution in [-0.2, 0) is 20.2 Å². The van der Waals surface area contributed by atoms with Crippen molar-refractivity contribution in [2.75, 3.05) is 20.0 Å². The van der Waals surface area contributed by atoms with Gasteiger partial charge in [-0.05, 0) is 6.07 Å². The monoisotopic (exact) mass is 259 g/mol. The number of nitrogens with two attached hydrogens (primary N) is 1. The lowest BCUT2D eigenvalue weighted by Crippen LogP contribution is -2.23. The Morgan fingerprint density at radius 3 is 2.65 bits per heavy atom. The van der Waals surface area contributed by atoms with Gasteiger partial charge in [0.15, 0.2) is 0 Å². The molecule has 7 nitrogen and oxygen atoms in total. The summed E-state index contributed by atoms with van der Waals surface area (Å²) in [5.74, 6) is 0.124. The predicted octanol–water partition coefficient (Wildman–Crippen LogP) is 0.825. The summed E-state index contributed by atoms with van der Waals surface area (Å²) in [6.07, 6.45) is 1.44. The molecule has 0 aromatic carbocycles. The van der Waals surface area contributed by atoms with Gasteiger partial charge in [-0.25, -0.2) is 4.79 Å². The first-order valence-electron chi connectivity index (χ1n) is 4.65. The van der Waals surface area contributed by atoms with Gasteiger partial charge in [0, 0.05) is 20.4 Å². The van der Waals surface area contributed by atoms with Crippen molar-refractivity contribution in [3.63, 3.8) is 0 Å². The Bertz CT molecular complexity index is 517. The third-order valence-corrected chi connectivity index (χ3v) is 3.99. The number of hydrogen-bond acceptors (Lipinski definition) is 6. The van der Waals surface area contributed by atoms with E-state index in [9.17, 15) is 9.36 Å². The Hall–Kier alpha value is -1.43. The Labute approximate surface area is 98.4 Å². The molecular formula is C9H14N3O4P. The van der Waals surface area contributed by atoms with Crippen LogP contribution in [0.4, 0.5) is 5.82 Å². The molecule has 0 aliphatic carbocycles. The predicted molar refractivity (Wildman–Crippen MR) is 63.7 cm³/mol. The highest BCUT2D eigenvalue weighted by molar-refractivity contribution is 7.58. The Morgan fingerprint density at radius 1 is 1.59 bits per heavy atom. The standard InChI is InChI=1S/C9H14N3O4P/c1-7(17(14,15-2)16-3)6-12-5-4-8(10)11-9(12)13/h4-5H,1,6H2,2-3H3,(H2,10,11,13). The summed E-state index contributed by atoms with van der Waals surface area (Å²) in [6.45, 7) is 3.59. The smallest absolute Gasteiger partial charge is 0.358 e. The van der Waals surface area contributed by atoms with Crippen LogP contribution >= 0.6 is 7.60 Å². The Morgan fingerprint density at radius 2 is 2.18 bits per heavy atom. The molecule has 1 aromatic heterocycles. The van der Waals surface area contributed by atoms with E-state index in [1.165, 1.54) is 31.0 Å². The van der Waals surface area contributed by atoms with Crippen molar-refractivity contribution in [1.29, 1.82) is 0 Å². The first-order chi connectivity index (χ1) is 7.92. The minimum atomic E-state index is -3.38. The van der Waals surface area contributed by atoms with Crippen LogP contribution in [-0.4, -0.2) is 23.8 Å². The molecule has 0 spiro atoms. The molecule has 0 saturated heterocycles. The number of rotatable bonds is 5. The maximum absolute atomic E-state index is 11.9. The number of anilines is 1. The number of nitrogen functional groups attached to an aromatic ring is 1. The van der Waals surface area contributed by atoms with Crippen molar-refractivity contribution in [3.8, 4) is 0 Å². The molecule has 0 fully saturated rings. The van der Waals surface area contributed by atoms with Gasteiger partial charge in [0.25, 0.3) is 0 Å². The normalized spacial score (nSPS) is 11.4. The first-order valence-corrected chi connectivity index (χ1v) is 6.20. The number of hydrogen-bond donors (Lipinski definition) is 1. The van der Waals surface area contributed by atoms with Crippen molar-refractivity contribution < 1.29 is 13.6 Å². The van der Waals surface area contributed by atoms with Gasteiger partial charge in [0.2, 0.25) is 0 Å². The van der Waals surface area contributed by atoms with Gasteiger partial charge >= 0.3 is 13.3 Å². The summed E-state index contributed by atoms with van der Waals surface area (Å²) in [5, 5.41) is 0.163. The van der Waals surface area contributed by atoms with Gasteiger partial charge < -0.3 is 14.8 Å². The van der Waals surface area contributed by atoms with E-state index in [4.69, 9.17) is 14.8 Å². The second-order valence-electron chi connectivity index (χ2n) is 3.19. The fourth-order valence-electron chi connectivity index (χ4n) is 1.18. The highest BCUT2D eigenvalue weighted by Crippen LogP contribution is 2.54. The molecular weight excluding hydrogens is 245 g/mol. The molecule has 0 unspecified atom stereocenters. The first kappa shape index (κ1) is 13.6. The molecule has 0 atom stereocenters. The summed E-state index contributed by atoms with van der Waals surface area (Å²) in [5.41, 5.74) is 4.79. The van der Waals surface area contributed by atoms with Crippen molar-refractivity contribution >= 4 is 13.4 Å². The lowest BCUT2D eigenvalue weighted by atomic mass is 10.5. The zero-order valence-electron chi connectivity index (χ0n) is 9.62. The van der Waals surface area contributed by atoms with E-state index in [0.717, 1.165) is 0 Å². The van der Waals surface area contributed by atoms with Crippen molar-refractivity contribution in [2.45, 2.75) is 6.54 Å². The molecule has 2 N–H and O–H groups in total. The van der Waals surface area contributed by atoms with Gasteiger partial charge in [0.05, 0.1) is 11.9 Å². The van der Waals surface area contributed by atoms with Gasteiger partial charge in [-0.1, -0.05) is 6.58 Å². The second kappa shape index (κ2) is 5.27. The van der Waals surface area contributed by atoms with Crippen LogP contribution in [0.15, 0.2) is 29.0 Å². The molecule has 0 bridgehead atoms.